The Bertz CT molecular complexity index is 1390. The number of urea groups is 1. The summed E-state index contributed by atoms with van der Waals surface area (Å²) in [4.78, 5) is 22.6. The van der Waals surface area contributed by atoms with Crippen molar-refractivity contribution in [2.45, 2.75) is 12.3 Å². The SMILES string of the molecule is CS(=O)Nc1ccc(-c2csc(NC(=O)N(CCC(c3ccccc3)c3ccccc3)CCN3CCOCC3)n2)cc1. The van der Waals surface area contributed by atoms with Gasteiger partial charge in [0.1, 0.15) is 11.0 Å². The molecule has 1 aliphatic rings. The third-order valence-corrected chi connectivity index (χ3v) is 8.61. The highest BCUT2D eigenvalue weighted by atomic mass is 32.2. The molecule has 0 spiro atoms. The lowest BCUT2D eigenvalue weighted by Gasteiger charge is -2.31. The Kier molecular flexibility index (Phi) is 10.7. The van der Waals surface area contributed by atoms with Crippen molar-refractivity contribution in [3.8, 4) is 11.3 Å². The average molecular weight is 604 g/mol. The van der Waals surface area contributed by atoms with Gasteiger partial charge < -0.3 is 14.4 Å². The lowest BCUT2D eigenvalue weighted by Crippen LogP contribution is -2.44. The molecule has 2 N–H and O–H groups in total. The molecule has 1 aromatic heterocycles. The van der Waals surface area contributed by atoms with Crippen LogP contribution in [0.3, 0.4) is 0 Å². The van der Waals surface area contributed by atoms with Crippen LogP contribution in [0.15, 0.2) is 90.3 Å². The van der Waals surface area contributed by atoms with E-state index in [4.69, 9.17) is 4.74 Å². The number of ether oxygens (including phenoxy) is 1. The molecule has 1 unspecified atom stereocenters. The Morgan fingerprint density at radius 2 is 1.62 bits per heavy atom. The van der Waals surface area contributed by atoms with Gasteiger partial charge in [-0.1, -0.05) is 72.8 Å². The van der Waals surface area contributed by atoms with Crippen LogP contribution in [0.4, 0.5) is 15.6 Å². The minimum absolute atomic E-state index is 0.144. The van der Waals surface area contributed by atoms with Crippen molar-refractivity contribution >= 4 is 39.2 Å². The van der Waals surface area contributed by atoms with Crippen molar-refractivity contribution in [1.82, 2.24) is 14.8 Å². The maximum atomic E-state index is 13.7. The zero-order chi connectivity index (χ0) is 29.1. The number of nitrogens with one attached hydrogen (secondary N) is 2. The Morgan fingerprint density at radius 1 is 0.976 bits per heavy atom. The second kappa shape index (κ2) is 15.1. The van der Waals surface area contributed by atoms with E-state index in [1.54, 1.807) is 6.26 Å². The van der Waals surface area contributed by atoms with Gasteiger partial charge in [-0.2, -0.15) is 0 Å². The molecule has 5 rings (SSSR count). The molecule has 4 aromatic rings. The number of anilines is 2. The molecule has 3 aromatic carbocycles. The van der Waals surface area contributed by atoms with Gasteiger partial charge in [-0.25, -0.2) is 14.0 Å². The van der Waals surface area contributed by atoms with E-state index in [0.717, 1.165) is 56.2 Å². The quantitative estimate of drug-likeness (QED) is 0.211. The molecule has 42 heavy (non-hydrogen) atoms. The number of aromatic nitrogens is 1. The first-order chi connectivity index (χ1) is 20.5. The number of hydrogen-bond donors (Lipinski definition) is 2. The molecule has 8 nitrogen and oxygen atoms in total. The summed E-state index contributed by atoms with van der Waals surface area (Å²) in [6, 6.07) is 28.5. The Labute approximate surface area is 254 Å². The topological polar surface area (TPSA) is 86.8 Å². The number of carbonyl (C=O) groups excluding carboxylic acids is 1. The maximum Gasteiger partial charge on any atom is 0.323 e. The minimum atomic E-state index is -1.13. The number of benzene rings is 3. The summed E-state index contributed by atoms with van der Waals surface area (Å²) in [6.07, 6.45) is 2.40. The van der Waals surface area contributed by atoms with Gasteiger partial charge in [-0.15, -0.1) is 11.3 Å². The fourth-order valence-corrected chi connectivity index (χ4v) is 6.27. The van der Waals surface area contributed by atoms with Crippen LogP contribution >= 0.6 is 11.3 Å². The van der Waals surface area contributed by atoms with E-state index in [1.165, 1.54) is 22.5 Å². The number of amides is 2. The van der Waals surface area contributed by atoms with E-state index >= 15 is 0 Å². The number of rotatable bonds is 12. The molecule has 0 bridgehead atoms. The van der Waals surface area contributed by atoms with Crippen molar-refractivity contribution in [2.75, 3.05) is 62.2 Å². The normalized spacial score (nSPS) is 14.4. The van der Waals surface area contributed by atoms with Gasteiger partial charge in [0, 0.05) is 61.5 Å². The van der Waals surface area contributed by atoms with E-state index in [-0.39, 0.29) is 11.9 Å². The van der Waals surface area contributed by atoms with E-state index < -0.39 is 11.0 Å². The molecule has 1 aliphatic heterocycles. The molecule has 10 heteroatoms. The Morgan fingerprint density at radius 3 is 2.24 bits per heavy atom. The van der Waals surface area contributed by atoms with Crippen LogP contribution in [-0.2, 0) is 15.7 Å². The number of nitrogens with zero attached hydrogens (tertiary/aromatic N) is 3. The minimum Gasteiger partial charge on any atom is -0.379 e. The van der Waals surface area contributed by atoms with Crippen LogP contribution in [0.1, 0.15) is 23.5 Å². The van der Waals surface area contributed by atoms with E-state index in [1.807, 2.05) is 46.7 Å². The lowest BCUT2D eigenvalue weighted by atomic mass is 9.88. The van der Waals surface area contributed by atoms with Gasteiger partial charge in [0.25, 0.3) is 0 Å². The first-order valence-electron chi connectivity index (χ1n) is 14.2. The summed E-state index contributed by atoms with van der Waals surface area (Å²) in [5, 5.41) is 5.56. The fourth-order valence-electron chi connectivity index (χ4n) is 5.09. The standard InChI is InChI=1S/C32H37N5O3S2/c1-42(39)35-28-14-12-27(13-15-28)30-24-41-31(33-30)34-32(38)37(19-18-36-20-22-40-23-21-36)17-16-29(25-8-4-2-5-9-25)26-10-6-3-7-11-26/h2-15,24,29,35H,16-23H2,1H3,(H,33,34,38). The molecule has 2 heterocycles. The zero-order valence-electron chi connectivity index (χ0n) is 23.8. The average Bonchev–Trinajstić information content (AvgIpc) is 3.48. The van der Waals surface area contributed by atoms with E-state index in [9.17, 15) is 9.00 Å². The fraction of sp³-hybridized carbons (Fsp3) is 0.312. The summed E-state index contributed by atoms with van der Waals surface area (Å²) in [5.74, 6) is 0.181. The number of morpholine rings is 1. The predicted molar refractivity (Wildman–Crippen MR) is 172 cm³/mol. The Balaban J connectivity index is 1.28. The molecule has 2 amide bonds. The third-order valence-electron chi connectivity index (χ3n) is 7.33. The van der Waals surface area contributed by atoms with Crippen LogP contribution in [0, 0.1) is 0 Å². The summed E-state index contributed by atoms with van der Waals surface area (Å²) >= 11 is 1.41. The van der Waals surface area contributed by atoms with Crippen molar-refractivity contribution in [3.63, 3.8) is 0 Å². The summed E-state index contributed by atoms with van der Waals surface area (Å²) < 4.78 is 19.8. The van der Waals surface area contributed by atoms with Gasteiger partial charge in [-0.05, 0) is 29.7 Å². The molecule has 1 atom stereocenters. The van der Waals surface area contributed by atoms with Crippen LogP contribution < -0.4 is 10.0 Å². The molecule has 0 aliphatic carbocycles. The molecule has 1 saturated heterocycles. The summed E-state index contributed by atoms with van der Waals surface area (Å²) in [7, 11) is -1.13. The van der Waals surface area contributed by atoms with E-state index in [0.29, 0.717) is 18.2 Å². The molecular formula is C32H37N5O3S2. The number of carbonyl (C=O) groups is 1. The summed E-state index contributed by atoms with van der Waals surface area (Å²) in [5.41, 5.74) is 4.98. The van der Waals surface area contributed by atoms with Crippen molar-refractivity contribution < 1.29 is 13.7 Å². The van der Waals surface area contributed by atoms with Crippen LogP contribution in [0.2, 0.25) is 0 Å². The Hall–Kier alpha value is -3.57. The molecular weight excluding hydrogens is 567 g/mol. The van der Waals surface area contributed by atoms with Crippen molar-refractivity contribution in [1.29, 1.82) is 0 Å². The first kappa shape index (κ1) is 29.9. The molecule has 1 fully saturated rings. The largest absolute Gasteiger partial charge is 0.379 e. The number of thiazole rings is 1. The maximum absolute atomic E-state index is 13.7. The highest BCUT2D eigenvalue weighted by Gasteiger charge is 2.21. The highest BCUT2D eigenvalue weighted by Crippen LogP contribution is 2.29. The van der Waals surface area contributed by atoms with Crippen molar-refractivity contribution in [2.24, 2.45) is 0 Å². The van der Waals surface area contributed by atoms with Crippen LogP contribution in [-0.4, -0.2) is 77.2 Å². The molecule has 0 radical (unpaired) electrons. The first-order valence-corrected chi connectivity index (χ1v) is 16.6. The second-order valence-electron chi connectivity index (χ2n) is 10.2. The number of hydrogen-bond acceptors (Lipinski definition) is 6. The van der Waals surface area contributed by atoms with E-state index in [2.05, 4.69) is 68.5 Å². The van der Waals surface area contributed by atoms with Gasteiger partial charge in [0.15, 0.2) is 5.13 Å². The van der Waals surface area contributed by atoms with Crippen LogP contribution in [0.5, 0.6) is 0 Å². The summed E-state index contributed by atoms with van der Waals surface area (Å²) in [6.45, 7) is 5.24. The molecule has 220 valence electrons. The zero-order valence-corrected chi connectivity index (χ0v) is 25.4. The smallest absolute Gasteiger partial charge is 0.323 e. The predicted octanol–water partition coefficient (Wildman–Crippen LogP) is 5.90. The van der Waals surface area contributed by atoms with Crippen LogP contribution in [0.25, 0.3) is 11.3 Å². The van der Waals surface area contributed by atoms with Gasteiger partial charge >= 0.3 is 6.03 Å². The second-order valence-corrected chi connectivity index (χ2v) is 12.2. The van der Waals surface area contributed by atoms with Gasteiger partial charge in [0.2, 0.25) is 0 Å². The monoisotopic (exact) mass is 603 g/mol. The van der Waals surface area contributed by atoms with Gasteiger partial charge in [0.05, 0.1) is 18.9 Å². The third kappa shape index (κ3) is 8.48. The molecule has 0 saturated carbocycles. The highest BCUT2D eigenvalue weighted by molar-refractivity contribution is 7.85. The van der Waals surface area contributed by atoms with Crippen molar-refractivity contribution in [3.05, 3.63) is 101 Å². The lowest BCUT2D eigenvalue weighted by molar-refractivity contribution is 0.0351. The van der Waals surface area contributed by atoms with Gasteiger partial charge in [-0.3, -0.25) is 10.2 Å².